The molecule has 2 aromatic carbocycles. The van der Waals surface area contributed by atoms with Gasteiger partial charge in [-0.1, -0.05) is 30.3 Å². The first-order chi connectivity index (χ1) is 15.0. The number of nitrogens with zero attached hydrogens (tertiary/aromatic N) is 3. The van der Waals surface area contributed by atoms with Gasteiger partial charge in [0, 0.05) is 44.1 Å². The molecule has 3 heterocycles. The second-order valence-electron chi connectivity index (χ2n) is 8.83. The number of aryl methyl sites for hydroxylation is 1. The fraction of sp³-hybridized carbons (Fsp3) is 0.360. The summed E-state index contributed by atoms with van der Waals surface area (Å²) in [6.45, 7) is 2.50. The highest BCUT2D eigenvalue weighted by molar-refractivity contribution is 5.99. The lowest BCUT2D eigenvalue weighted by molar-refractivity contribution is -0.135. The van der Waals surface area contributed by atoms with E-state index in [1.165, 1.54) is 17.7 Å². The van der Waals surface area contributed by atoms with Crippen LogP contribution >= 0.6 is 0 Å². The lowest BCUT2D eigenvalue weighted by Gasteiger charge is -2.24. The third-order valence-corrected chi connectivity index (χ3v) is 6.98. The number of hydrogen-bond acceptors (Lipinski definition) is 2. The summed E-state index contributed by atoms with van der Waals surface area (Å²) in [6, 6.07) is 16.5. The Bertz CT molecular complexity index is 1160. The number of carbonyl (C=O) groups is 2. The van der Waals surface area contributed by atoms with Crippen molar-refractivity contribution >= 4 is 22.7 Å². The number of amides is 2. The number of rotatable bonds is 4. The molecule has 31 heavy (non-hydrogen) atoms. The van der Waals surface area contributed by atoms with Crippen LogP contribution in [-0.4, -0.2) is 52.4 Å². The van der Waals surface area contributed by atoms with E-state index in [0.29, 0.717) is 37.1 Å². The van der Waals surface area contributed by atoms with Crippen molar-refractivity contribution in [3.05, 3.63) is 71.7 Å². The summed E-state index contributed by atoms with van der Waals surface area (Å²) in [5, 5.41) is 0.712. The first kappa shape index (κ1) is 19.8. The van der Waals surface area contributed by atoms with E-state index in [9.17, 15) is 14.0 Å². The topological polar surface area (TPSA) is 45.6 Å². The normalized spacial score (nSPS) is 21.0. The van der Waals surface area contributed by atoms with Gasteiger partial charge in [0.1, 0.15) is 11.5 Å². The Morgan fingerprint density at radius 1 is 1.06 bits per heavy atom. The minimum absolute atomic E-state index is 0.0912. The number of carbonyl (C=O) groups excluding carboxylic acids is 2. The second kappa shape index (κ2) is 7.52. The summed E-state index contributed by atoms with van der Waals surface area (Å²) in [7, 11) is 1.82. The summed E-state index contributed by atoms with van der Waals surface area (Å²) >= 11 is 0. The summed E-state index contributed by atoms with van der Waals surface area (Å²) in [5.74, 6) is -0.228. The third kappa shape index (κ3) is 3.40. The first-order valence-electron chi connectivity index (χ1n) is 10.8. The highest BCUT2D eigenvalue weighted by Crippen LogP contribution is 2.41. The van der Waals surface area contributed by atoms with E-state index in [0.717, 1.165) is 24.9 Å². The van der Waals surface area contributed by atoms with Gasteiger partial charge in [0.2, 0.25) is 5.91 Å². The van der Waals surface area contributed by atoms with Crippen molar-refractivity contribution in [3.63, 3.8) is 0 Å². The third-order valence-electron chi connectivity index (χ3n) is 6.98. The van der Waals surface area contributed by atoms with Gasteiger partial charge in [0.05, 0.1) is 5.41 Å². The molecular formula is C25H26FN3O2. The van der Waals surface area contributed by atoms with Crippen molar-refractivity contribution in [1.82, 2.24) is 14.4 Å². The van der Waals surface area contributed by atoms with Gasteiger partial charge in [-0.05, 0) is 49.1 Å². The van der Waals surface area contributed by atoms with Crippen LogP contribution in [0.4, 0.5) is 4.39 Å². The molecule has 2 aliphatic rings. The van der Waals surface area contributed by atoms with Gasteiger partial charge in [-0.15, -0.1) is 0 Å². The van der Waals surface area contributed by atoms with Gasteiger partial charge in [-0.3, -0.25) is 9.59 Å². The quantitative estimate of drug-likeness (QED) is 0.648. The molecule has 160 valence electrons. The van der Waals surface area contributed by atoms with Crippen LogP contribution in [0.3, 0.4) is 0 Å². The van der Waals surface area contributed by atoms with Gasteiger partial charge in [0.25, 0.3) is 5.91 Å². The molecule has 1 spiro atoms. The summed E-state index contributed by atoms with van der Waals surface area (Å²) < 4.78 is 15.4. The monoisotopic (exact) mass is 419 g/mol. The van der Waals surface area contributed by atoms with Crippen LogP contribution in [0.5, 0.6) is 0 Å². The van der Waals surface area contributed by atoms with E-state index in [1.807, 2.05) is 34.7 Å². The van der Waals surface area contributed by atoms with Crippen molar-refractivity contribution in [2.24, 2.45) is 12.5 Å². The molecular weight excluding hydrogens is 393 g/mol. The molecule has 2 fully saturated rings. The van der Waals surface area contributed by atoms with Crippen molar-refractivity contribution in [2.45, 2.75) is 19.3 Å². The van der Waals surface area contributed by atoms with Crippen LogP contribution in [0.1, 0.15) is 28.9 Å². The molecule has 2 amide bonds. The Kier molecular flexibility index (Phi) is 4.80. The standard InChI is InChI=1S/C25H26FN3O2/c1-27-21-8-7-20(26)15-19(21)16-22(27)23(30)29-14-11-25(17-29)10-13-28(24(25)31)12-9-18-5-3-2-4-6-18/h2-8,15-16H,9-14,17H2,1H3. The molecule has 0 saturated carbocycles. The number of aromatic nitrogens is 1. The fourth-order valence-electron chi connectivity index (χ4n) is 5.13. The molecule has 1 unspecified atom stereocenters. The average molecular weight is 420 g/mol. The number of fused-ring (bicyclic) bond motifs is 1. The number of benzene rings is 2. The minimum Gasteiger partial charge on any atom is -0.342 e. The molecule has 0 aliphatic carbocycles. The number of halogens is 1. The van der Waals surface area contributed by atoms with Crippen LogP contribution < -0.4 is 0 Å². The molecule has 5 rings (SSSR count). The lowest BCUT2D eigenvalue weighted by Crippen LogP contribution is -2.39. The van der Waals surface area contributed by atoms with Crippen LogP contribution in [0.15, 0.2) is 54.6 Å². The smallest absolute Gasteiger partial charge is 0.270 e. The van der Waals surface area contributed by atoms with E-state index in [1.54, 1.807) is 17.0 Å². The van der Waals surface area contributed by atoms with E-state index in [2.05, 4.69) is 12.1 Å². The largest absolute Gasteiger partial charge is 0.342 e. The van der Waals surface area contributed by atoms with E-state index in [-0.39, 0.29) is 17.6 Å². The molecule has 6 heteroatoms. The predicted molar refractivity (Wildman–Crippen MR) is 117 cm³/mol. The van der Waals surface area contributed by atoms with Crippen LogP contribution in [0, 0.1) is 11.2 Å². The molecule has 2 aliphatic heterocycles. The van der Waals surface area contributed by atoms with E-state index < -0.39 is 5.41 Å². The Morgan fingerprint density at radius 3 is 2.65 bits per heavy atom. The van der Waals surface area contributed by atoms with Gasteiger partial charge in [-0.25, -0.2) is 4.39 Å². The van der Waals surface area contributed by atoms with Crippen LogP contribution in [-0.2, 0) is 18.3 Å². The molecule has 2 saturated heterocycles. The first-order valence-corrected chi connectivity index (χ1v) is 10.8. The van der Waals surface area contributed by atoms with Crippen molar-refractivity contribution in [3.8, 4) is 0 Å². The van der Waals surface area contributed by atoms with Crippen LogP contribution in [0.25, 0.3) is 10.9 Å². The maximum atomic E-state index is 13.6. The summed E-state index contributed by atoms with van der Waals surface area (Å²) in [6.07, 6.45) is 2.35. The van der Waals surface area contributed by atoms with Gasteiger partial charge >= 0.3 is 0 Å². The highest BCUT2D eigenvalue weighted by atomic mass is 19.1. The van der Waals surface area contributed by atoms with E-state index in [4.69, 9.17) is 0 Å². The van der Waals surface area contributed by atoms with Crippen molar-refractivity contribution in [2.75, 3.05) is 26.2 Å². The average Bonchev–Trinajstić information content (AvgIpc) is 3.44. The Labute approximate surface area is 181 Å². The molecule has 1 atom stereocenters. The van der Waals surface area contributed by atoms with Gasteiger partial charge < -0.3 is 14.4 Å². The highest BCUT2D eigenvalue weighted by Gasteiger charge is 2.51. The van der Waals surface area contributed by atoms with E-state index >= 15 is 0 Å². The molecule has 0 bridgehead atoms. The van der Waals surface area contributed by atoms with Gasteiger partial charge in [-0.2, -0.15) is 0 Å². The molecule has 3 aromatic rings. The van der Waals surface area contributed by atoms with Crippen molar-refractivity contribution in [1.29, 1.82) is 0 Å². The minimum atomic E-state index is -0.455. The molecule has 0 radical (unpaired) electrons. The lowest BCUT2D eigenvalue weighted by atomic mass is 9.85. The summed E-state index contributed by atoms with van der Waals surface area (Å²) in [5.41, 5.74) is 2.13. The second-order valence-corrected chi connectivity index (χ2v) is 8.83. The van der Waals surface area contributed by atoms with Crippen molar-refractivity contribution < 1.29 is 14.0 Å². The molecule has 1 aromatic heterocycles. The Morgan fingerprint density at radius 2 is 1.84 bits per heavy atom. The zero-order chi connectivity index (χ0) is 21.6. The predicted octanol–water partition coefficient (Wildman–Crippen LogP) is 3.62. The summed E-state index contributed by atoms with van der Waals surface area (Å²) in [4.78, 5) is 30.2. The Balaban J connectivity index is 1.29. The maximum Gasteiger partial charge on any atom is 0.270 e. The number of likely N-dealkylation sites (tertiary alicyclic amines) is 2. The fourth-order valence-corrected chi connectivity index (χ4v) is 5.13. The maximum absolute atomic E-state index is 13.6. The molecule has 0 N–H and O–H groups in total. The zero-order valence-electron chi connectivity index (χ0n) is 17.7. The number of hydrogen-bond donors (Lipinski definition) is 0. The Hall–Kier alpha value is -3.15. The zero-order valence-corrected chi connectivity index (χ0v) is 17.7. The SMILES string of the molecule is Cn1c(C(=O)N2CCC3(CCN(CCc4ccccc4)C3=O)C2)cc2cc(F)ccc21. The van der Waals surface area contributed by atoms with Crippen LogP contribution in [0.2, 0.25) is 0 Å². The molecule has 5 nitrogen and oxygen atoms in total. The van der Waals surface area contributed by atoms with Gasteiger partial charge in [0.15, 0.2) is 0 Å².